The minimum Gasteiger partial charge on any atom is -0.444 e. The zero-order valence-corrected chi connectivity index (χ0v) is 34.4. The molecule has 0 fully saturated rings. The Kier molecular flexibility index (Phi) is 14.3. The maximum atomic E-state index is 13.3. The Morgan fingerprint density at radius 2 is 1.14 bits per heavy atom. The summed E-state index contributed by atoms with van der Waals surface area (Å²) in [6.07, 6.45) is 3.64. The minimum absolute atomic E-state index is 0.0647. The molecular weight excluding hydrogens is 755 g/mol. The molecule has 3 N–H and O–H groups in total. The van der Waals surface area contributed by atoms with Crippen molar-refractivity contribution in [3.05, 3.63) is 143 Å². The van der Waals surface area contributed by atoms with Gasteiger partial charge in [-0.3, -0.25) is 28.9 Å². The van der Waals surface area contributed by atoms with Gasteiger partial charge in [-0.25, -0.2) is 13.6 Å². The number of pyridine rings is 2. The van der Waals surface area contributed by atoms with E-state index in [0.717, 1.165) is 50.7 Å². The molecule has 0 spiro atoms. The van der Waals surface area contributed by atoms with Crippen LogP contribution in [-0.4, -0.2) is 64.9 Å². The first-order valence-electron chi connectivity index (χ1n) is 19.1. The quantitative estimate of drug-likeness (QED) is 0.128. The van der Waals surface area contributed by atoms with Gasteiger partial charge in [-0.05, 0) is 119 Å². The fourth-order valence-corrected chi connectivity index (χ4v) is 6.19. The Hall–Kier alpha value is -6.41. The molecule has 2 aromatic carbocycles. The third-order valence-electron chi connectivity index (χ3n) is 9.26. The van der Waals surface area contributed by atoms with E-state index in [0.29, 0.717) is 12.1 Å². The second-order valence-electron chi connectivity index (χ2n) is 15.4. The van der Waals surface area contributed by atoms with Crippen molar-refractivity contribution < 1.29 is 27.9 Å². The molecule has 4 heterocycles. The van der Waals surface area contributed by atoms with Gasteiger partial charge in [0.1, 0.15) is 17.2 Å². The monoisotopic (exact) mass is 804 g/mol. The Morgan fingerprint density at radius 1 is 0.695 bits per heavy atom. The highest BCUT2D eigenvalue weighted by Crippen LogP contribution is 2.22. The number of amides is 1. The predicted octanol–water partition coefficient (Wildman–Crippen LogP) is 6.79. The fourth-order valence-electron chi connectivity index (χ4n) is 6.19. The number of hydrogen-bond acceptors (Lipinski definition) is 9. The minimum atomic E-state index is -0.841. The van der Waals surface area contributed by atoms with E-state index in [1.165, 1.54) is 24.3 Å². The molecule has 14 heteroatoms. The van der Waals surface area contributed by atoms with Gasteiger partial charge in [0.2, 0.25) is 0 Å². The molecule has 0 saturated heterocycles. The summed E-state index contributed by atoms with van der Waals surface area (Å²) in [6.45, 7) is 9.08. The standard InChI is InChI=1S/C25H29FN4O3.C20H21FN4O/c1-16-12-18(10-11-27-16)21-14-20(30(5)29-21)15-23(31)22(28-24(32)33-25(2,3)4)13-17-6-8-19(26)9-7-17;1-13-9-15(7-8-23-13)19-11-17(25(2)24-19)12-20(26)18(22)10-14-3-5-16(21)6-4-14/h6-12,14,22H,13,15H2,1-5H3,(H,28,32);3-9,11,18H,10,12,22H2,1-2H3/t22-;18-/m00/s1. The van der Waals surface area contributed by atoms with Crippen molar-refractivity contribution in [2.24, 2.45) is 19.8 Å². The number of benzene rings is 2. The lowest BCUT2D eigenvalue weighted by molar-refractivity contribution is -0.121. The van der Waals surface area contributed by atoms with Crippen molar-refractivity contribution >= 4 is 17.7 Å². The maximum absolute atomic E-state index is 13.3. The molecule has 0 radical (unpaired) electrons. The third kappa shape index (κ3) is 13.1. The molecule has 308 valence electrons. The highest BCUT2D eigenvalue weighted by molar-refractivity contribution is 5.89. The number of aromatic nitrogens is 6. The van der Waals surface area contributed by atoms with Gasteiger partial charge in [-0.1, -0.05) is 24.3 Å². The van der Waals surface area contributed by atoms with Gasteiger partial charge in [-0.15, -0.1) is 0 Å². The highest BCUT2D eigenvalue weighted by Gasteiger charge is 2.26. The second kappa shape index (κ2) is 19.4. The van der Waals surface area contributed by atoms with E-state index in [2.05, 4.69) is 25.5 Å². The number of nitrogens with two attached hydrogens (primary N) is 1. The largest absolute Gasteiger partial charge is 0.444 e. The Morgan fingerprint density at radius 3 is 1.58 bits per heavy atom. The molecule has 0 aliphatic heterocycles. The number of halogens is 2. The van der Waals surface area contributed by atoms with E-state index in [-0.39, 0.29) is 42.5 Å². The number of ketones is 2. The smallest absolute Gasteiger partial charge is 0.408 e. The number of alkyl carbamates (subject to hydrolysis) is 1. The van der Waals surface area contributed by atoms with Crippen LogP contribution in [0.2, 0.25) is 0 Å². The van der Waals surface area contributed by atoms with E-state index < -0.39 is 23.8 Å². The Balaban J connectivity index is 0.000000230. The molecule has 0 unspecified atom stereocenters. The molecule has 0 saturated carbocycles. The number of nitrogens with zero attached hydrogens (tertiary/aromatic N) is 6. The lowest BCUT2D eigenvalue weighted by atomic mass is 9.99. The summed E-state index contributed by atoms with van der Waals surface area (Å²) in [6, 6.07) is 21.8. The topological polar surface area (TPSA) is 160 Å². The van der Waals surface area contributed by atoms with Crippen LogP contribution >= 0.6 is 0 Å². The number of Topliss-reactive ketones (excluding diaryl/α,β-unsaturated/α-hetero) is 2. The van der Waals surface area contributed by atoms with Gasteiger partial charge in [0, 0.05) is 60.4 Å². The first kappa shape index (κ1) is 43.7. The van der Waals surface area contributed by atoms with E-state index in [1.807, 2.05) is 57.3 Å². The number of nitrogens with one attached hydrogen (secondary N) is 1. The Labute approximate surface area is 342 Å². The molecule has 6 rings (SSSR count). The van der Waals surface area contributed by atoms with Crippen LogP contribution < -0.4 is 11.1 Å². The van der Waals surface area contributed by atoms with E-state index in [1.54, 1.807) is 73.8 Å². The van der Waals surface area contributed by atoms with Crippen molar-refractivity contribution in [3.8, 4) is 22.5 Å². The first-order valence-corrected chi connectivity index (χ1v) is 19.1. The van der Waals surface area contributed by atoms with Crippen molar-refractivity contribution in [2.75, 3.05) is 0 Å². The number of hydrogen-bond donors (Lipinski definition) is 2. The van der Waals surface area contributed by atoms with Gasteiger partial charge in [0.05, 0.1) is 36.3 Å². The third-order valence-corrected chi connectivity index (χ3v) is 9.26. The average molecular weight is 805 g/mol. The molecular formula is C45H50F2N8O4. The molecule has 4 aromatic heterocycles. The van der Waals surface area contributed by atoms with Crippen molar-refractivity contribution in [1.29, 1.82) is 0 Å². The van der Waals surface area contributed by atoms with E-state index in [4.69, 9.17) is 10.5 Å². The van der Waals surface area contributed by atoms with Crippen molar-refractivity contribution in [2.45, 2.75) is 78.0 Å². The van der Waals surface area contributed by atoms with Gasteiger partial charge in [-0.2, -0.15) is 10.2 Å². The maximum Gasteiger partial charge on any atom is 0.408 e. The number of carbonyl (C=O) groups excluding carboxylic acids is 3. The summed E-state index contributed by atoms with van der Waals surface area (Å²) in [7, 11) is 3.59. The predicted molar refractivity (Wildman–Crippen MR) is 221 cm³/mol. The zero-order valence-electron chi connectivity index (χ0n) is 34.4. The number of rotatable bonds is 13. The number of ether oxygens (including phenoxy) is 1. The average Bonchev–Trinajstić information content (AvgIpc) is 3.73. The van der Waals surface area contributed by atoms with Crippen LogP contribution in [0.4, 0.5) is 13.6 Å². The summed E-state index contributed by atoms with van der Waals surface area (Å²) in [4.78, 5) is 46.5. The summed E-state index contributed by atoms with van der Waals surface area (Å²) in [5.41, 5.74) is 13.6. The van der Waals surface area contributed by atoms with Crippen molar-refractivity contribution in [3.63, 3.8) is 0 Å². The van der Waals surface area contributed by atoms with E-state index in [9.17, 15) is 23.2 Å². The van der Waals surface area contributed by atoms with Gasteiger partial charge in [0.15, 0.2) is 11.6 Å². The first-order chi connectivity index (χ1) is 27.9. The van der Waals surface area contributed by atoms with Crippen molar-refractivity contribution in [1.82, 2.24) is 34.8 Å². The van der Waals surface area contributed by atoms with Crippen LogP contribution in [0.5, 0.6) is 0 Å². The lowest BCUT2D eigenvalue weighted by Crippen LogP contribution is -2.45. The van der Waals surface area contributed by atoms with Gasteiger partial charge >= 0.3 is 6.09 Å². The fraction of sp³-hybridized carbons (Fsp3) is 0.311. The summed E-state index contributed by atoms with van der Waals surface area (Å²) in [5, 5.41) is 11.7. The summed E-state index contributed by atoms with van der Waals surface area (Å²) in [5.74, 6) is -0.946. The highest BCUT2D eigenvalue weighted by atomic mass is 19.1. The van der Waals surface area contributed by atoms with Crippen LogP contribution in [0, 0.1) is 25.5 Å². The summed E-state index contributed by atoms with van der Waals surface area (Å²) >= 11 is 0. The van der Waals surface area contributed by atoms with Crippen LogP contribution in [-0.2, 0) is 54.1 Å². The summed E-state index contributed by atoms with van der Waals surface area (Å²) < 4.78 is 35.0. The zero-order chi connectivity index (χ0) is 42.9. The molecule has 0 aliphatic rings. The molecule has 2 atom stereocenters. The molecule has 0 bridgehead atoms. The molecule has 0 aliphatic carbocycles. The van der Waals surface area contributed by atoms with Gasteiger partial charge in [0.25, 0.3) is 0 Å². The second-order valence-corrected chi connectivity index (χ2v) is 15.4. The van der Waals surface area contributed by atoms with Crippen LogP contribution in [0.3, 0.4) is 0 Å². The Bertz CT molecular complexity index is 2380. The molecule has 12 nitrogen and oxygen atoms in total. The van der Waals surface area contributed by atoms with Gasteiger partial charge < -0.3 is 15.8 Å². The number of carbonyl (C=O) groups is 3. The molecule has 59 heavy (non-hydrogen) atoms. The van der Waals surface area contributed by atoms with E-state index >= 15 is 0 Å². The van der Waals surface area contributed by atoms with Crippen LogP contribution in [0.25, 0.3) is 22.5 Å². The van der Waals surface area contributed by atoms with Crippen LogP contribution in [0.15, 0.2) is 97.3 Å². The lowest BCUT2D eigenvalue weighted by Gasteiger charge is -2.23. The molecule has 6 aromatic rings. The van der Waals surface area contributed by atoms with Crippen LogP contribution in [0.1, 0.15) is 54.7 Å². The molecule has 1 amide bonds. The SMILES string of the molecule is Cc1cc(-c2cc(CC(=O)[C@@H](N)Cc3ccc(F)cc3)n(C)n2)ccn1.Cc1cc(-c2cc(CC(=O)[C@H](Cc3ccc(F)cc3)NC(=O)OC(C)(C)C)n(C)n2)ccn1. The normalized spacial score (nSPS) is 12.2. The number of aryl methyl sites for hydroxylation is 4.